The predicted molar refractivity (Wildman–Crippen MR) is 300 cm³/mol. The van der Waals surface area contributed by atoms with E-state index in [4.69, 9.17) is 28.4 Å². The maximum atomic E-state index is 13.3. The summed E-state index contributed by atoms with van der Waals surface area (Å²) >= 11 is 0. The first-order chi connectivity index (χ1) is 38.3. The Kier molecular flexibility index (Phi) is 39.4. The van der Waals surface area contributed by atoms with Gasteiger partial charge in [0.25, 0.3) is 0 Å². The minimum atomic E-state index is -1.98. The zero-order valence-corrected chi connectivity index (χ0v) is 48.1. The number of carbonyl (C=O) groups excluding carboxylic acids is 1. The average Bonchev–Trinajstić information content (AvgIpc) is 3.48. The molecule has 3 fully saturated rings. The third kappa shape index (κ3) is 27.5. The molecule has 0 aromatic heterocycles. The molecule has 17 atom stereocenters. The van der Waals surface area contributed by atoms with E-state index in [1.807, 2.05) is 6.08 Å². The third-order valence-electron chi connectivity index (χ3n) is 15.4. The SMILES string of the molecule is CCC/C=C/CC/C=C/C(O)C(COC1OC(CO)C(OC2OC(CO)C(OC3OC(CO)C(O)C(O)C3O)C(O)C2O)C(O)C1O)NC(=O)CCCCCCCCCCCCCCCCC/C=C\CCCCCCCCCC. The summed E-state index contributed by atoms with van der Waals surface area (Å²) in [5.41, 5.74) is 0. The second-order valence-electron chi connectivity index (χ2n) is 22.2. The van der Waals surface area contributed by atoms with E-state index in [9.17, 15) is 61.0 Å². The molecule has 0 spiro atoms. The molecule has 1 amide bonds. The van der Waals surface area contributed by atoms with Gasteiger partial charge in [-0.2, -0.15) is 0 Å². The first-order valence-corrected chi connectivity index (χ1v) is 30.7. The van der Waals surface area contributed by atoms with Crippen molar-refractivity contribution in [2.75, 3.05) is 26.4 Å². The van der Waals surface area contributed by atoms with Crippen molar-refractivity contribution in [2.45, 2.75) is 311 Å². The lowest BCUT2D eigenvalue weighted by Crippen LogP contribution is -2.66. The van der Waals surface area contributed by atoms with Crippen molar-refractivity contribution >= 4 is 5.91 Å². The average molecular weight is 1130 g/mol. The summed E-state index contributed by atoms with van der Waals surface area (Å²) in [6.45, 7) is 1.58. The van der Waals surface area contributed by atoms with Crippen LogP contribution in [-0.4, -0.2) is 193 Å². The molecule has 3 rings (SSSR count). The van der Waals surface area contributed by atoms with Crippen LogP contribution in [0.3, 0.4) is 0 Å². The second-order valence-corrected chi connectivity index (χ2v) is 22.2. The number of aliphatic hydroxyl groups is 11. The van der Waals surface area contributed by atoms with E-state index >= 15 is 0 Å². The largest absolute Gasteiger partial charge is 0.394 e. The Labute approximate surface area is 472 Å². The molecule has 0 bridgehead atoms. The normalized spacial score (nSPS) is 30.5. The molecule has 3 saturated heterocycles. The third-order valence-corrected chi connectivity index (χ3v) is 15.4. The van der Waals surface area contributed by atoms with E-state index in [-0.39, 0.29) is 18.9 Å². The van der Waals surface area contributed by atoms with Gasteiger partial charge in [-0.25, -0.2) is 0 Å². The van der Waals surface area contributed by atoms with Gasteiger partial charge < -0.3 is 89.9 Å². The molecule has 17 unspecified atom stereocenters. The highest BCUT2D eigenvalue weighted by atomic mass is 16.8. The van der Waals surface area contributed by atoms with Crippen LogP contribution in [0.25, 0.3) is 0 Å². The number of carbonyl (C=O) groups is 1. The summed E-state index contributed by atoms with van der Waals surface area (Å²) < 4.78 is 34.1. The smallest absolute Gasteiger partial charge is 0.220 e. The maximum Gasteiger partial charge on any atom is 0.220 e. The number of unbranched alkanes of at least 4 members (excludes halogenated alkanes) is 25. The van der Waals surface area contributed by atoms with E-state index < -0.39 is 124 Å². The van der Waals surface area contributed by atoms with Crippen LogP contribution in [0.5, 0.6) is 0 Å². The van der Waals surface area contributed by atoms with E-state index in [2.05, 4.69) is 43.5 Å². The van der Waals surface area contributed by atoms with Crippen LogP contribution in [0.4, 0.5) is 0 Å². The molecule has 0 radical (unpaired) electrons. The van der Waals surface area contributed by atoms with Gasteiger partial charge in [-0.1, -0.05) is 185 Å². The predicted octanol–water partition coefficient (Wildman–Crippen LogP) is 5.71. The highest BCUT2D eigenvalue weighted by molar-refractivity contribution is 5.76. The number of allylic oxidation sites excluding steroid dienone is 5. The van der Waals surface area contributed by atoms with Crippen LogP contribution in [0.1, 0.15) is 206 Å². The molecule has 462 valence electrons. The zero-order chi connectivity index (χ0) is 57.6. The lowest BCUT2D eigenvalue weighted by Gasteiger charge is -2.48. The van der Waals surface area contributed by atoms with Crippen molar-refractivity contribution in [2.24, 2.45) is 0 Å². The molecule has 19 heteroatoms. The molecule has 0 aromatic rings. The van der Waals surface area contributed by atoms with Crippen molar-refractivity contribution in [3.63, 3.8) is 0 Å². The Morgan fingerprint density at radius 1 is 0.443 bits per heavy atom. The summed E-state index contributed by atoms with van der Waals surface area (Å²) in [6.07, 6.45) is 20.6. The Bertz CT molecular complexity index is 1590. The van der Waals surface area contributed by atoms with Gasteiger partial charge in [0.2, 0.25) is 5.91 Å². The van der Waals surface area contributed by atoms with Crippen LogP contribution >= 0.6 is 0 Å². The minimum absolute atomic E-state index is 0.236. The van der Waals surface area contributed by atoms with E-state index in [1.165, 1.54) is 135 Å². The van der Waals surface area contributed by atoms with Crippen molar-refractivity contribution in [3.8, 4) is 0 Å². The van der Waals surface area contributed by atoms with Crippen molar-refractivity contribution in [1.29, 1.82) is 0 Å². The van der Waals surface area contributed by atoms with Crippen LogP contribution in [0.2, 0.25) is 0 Å². The fourth-order valence-electron chi connectivity index (χ4n) is 10.3. The molecule has 0 aliphatic carbocycles. The van der Waals surface area contributed by atoms with Crippen LogP contribution < -0.4 is 5.32 Å². The molecule has 0 saturated carbocycles. The number of ether oxygens (including phenoxy) is 6. The van der Waals surface area contributed by atoms with Crippen LogP contribution in [0, 0.1) is 0 Å². The number of hydrogen-bond acceptors (Lipinski definition) is 18. The van der Waals surface area contributed by atoms with E-state index in [0.717, 1.165) is 38.5 Å². The summed E-state index contributed by atoms with van der Waals surface area (Å²) in [6, 6.07) is -0.985. The molecule has 79 heavy (non-hydrogen) atoms. The summed E-state index contributed by atoms with van der Waals surface area (Å²) in [4.78, 5) is 13.3. The molecular formula is C60H109NO18. The summed E-state index contributed by atoms with van der Waals surface area (Å²) in [5.74, 6) is -0.289. The van der Waals surface area contributed by atoms with Crippen LogP contribution in [0.15, 0.2) is 36.5 Å². The van der Waals surface area contributed by atoms with Gasteiger partial charge in [-0.15, -0.1) is 0 Å². The Balaban J connectivity index is 1.37. The molecule has 12 N–H and O–H groups in total. The number of rotatable bonds is 45. The fourth-order valence-corrected chi connectivity index (χ4v) is 10.3. The Hall–Kier alpha value is -1.99. The minimum Gasteiger partial charge on any atom is -0.394 e. The number of hydrogen-bond donors (Lipinski definition) is 12. The van der Waals surface area contributed by atoms with Crippen LogP contribution in [-0.2, 0) is 33.2 Å². The maximum absolute atomic E-state index is 13.3. The lowest BCUT2D eigenvalue weighted by atomic mass is 9.96. The fraction of sp³-hybridized carbons (Fsp3) is 0.883. The van der Waals surface area contributed by atoms with Crippen molar-refractivity contribution in [3.05, 3.63) is 36.5 Å². The van der Waals surface area contributed by atoms with Gasteiger partial charge in [0.1, 0.15) is 73.2 Å². The quantitative estimate of drug-likeness (QED) is 0.0257. The zero-order valence-electron chi connectivity index (χ0n) is 48.1. The molecular weight excluding hydrogens is 1020 g/mol. The molecule has 0 aromatic carbocycles. The van der Waals surface area contributed by atoms with Gasteiger partial charge in [0.15, 0.2) is 18.9 Å². The molecule has 3 aliphatic rings. The highest BCUT2D eigenvalue weighted by Crippen LogP contribution is 2.33. The highest BCUT2D eigenvalue weighted by Gasteiger charge is 2.53. The Morgan fingerprint density at radius 2 is 0.835 bits per heavy atom. The lowest BCUT2D eigenvalue weighted by molar-refractivity contribution is -0.379. The van der Waals surface area contributed by atoms with Crippen molar-refractivity contribution < 1.29 is 89.4 Å². The summed E-state index contributed by atoms with van der Waals surface area (Å²) in [5, 5.41) is 120. The number of amides is 1. The van der Waals surface area contributed by atoms with Gasteiger partial charge >= 0.3 is 0 Å². The van der Waals surface area contributed by atoms with E-state index in [0.29, 0.717) is 12.8 Å². The standard InChI is InChI=1S/C60H109NO18/c1-3-5-7-9-11-12-13-14-15-16-17-18-19-20-21-22-23-24-25-26-27-28-29-30-32-34-36-38-48(66)61-43(44(65)37-35-33-31-10-8-6-4-2)42-74-58-54(72)51(69)56(46(40-63)76-58)79-60-55(73)52(70)57(47(41-64)77-60)78-59-53(71)50(68)49(67)45(39-62)75-59/h8,10,16-17,35,37,43-47,49-60,62-65,67-73H,3-7,9,11-15,18-34,36,38-42H2,1-2H3,(H,61,66)/b10-8+,17-16-,37-35+. The topological polar surface area (TPSA) is 307 Å². The first-order valence-electron chi connectivity index (χ1n) is 30.7. The monoisotopic (exact) mass is 1130 g/mol. The molecule has 3 heterocycles. The van der Waals surface area contributed by atoms with Crippen molar-refractivity contribution in [1.82, 2.24) is 5.32 Å². The van der Waals surface area contributed by atoms with Gasteiger partial charge in [0.05, 0.1) is 38.6 Å². The summed E-state index contributed by atoms with van der Waals surface area (Å²) in [7, 11) is 0. The number of nitrogens with one attached hydrogen (secondary N) is 1. The number of aliphatic hydroxyl groups excluding tert-OH is 11. The molecule has 19 nitrogen and oxygen atoms in total. The van der Waals surface area contributed by atoms with Gasteiger partial charge in [0, 0.05) is 6.42 Å². The molecule has 3 aliphatic heterocycles. The Morgan fingerprint density at radius 3 is 1.32 bits per heavy atom. The van der Waals surface area contributed by atoms with Gasteiger partial charge in [-0.3, -0.25) is 4.79 Å². The first kappa shape index (κ1) is 71.3. The second kappa shape index (κ2) is 43.6. The van der Waals surface area contributed by atoms with E-state index in [1.54, 1.807) is 6.08 Å². The van der Waals surface area contributed by atoms with Gasteiger partial charge in [-0.05, 0) is 51.4 Å².